The maximum Gasteiger partial charge on any atom is 0.286 e. The molecule has 0 saturated carbocycles. The second-order valence-electron chi connectivity index (χ2n) is 4.43. The van der Waals surface area contributed by atoms with Crippen LogP contribution < -0.4 is 0 Å². The minimum Gasteiger partial charge on any atom is -0.493 e. The first-order chi connectivity index (χ1) is 9.01. The van der Waals surface area contributed by atoms with Crippen molar-refractivity contribution in [3.05, 3.63) is 35.6 Å². The van der Waals surface area contributed by atoms with Gasteiger partial charge in [-0.15, -0.1) is 0 Å². The summed E-state index contributed by atoms with van der Waals surface area (Å²) in [6, 6.07) is 0. The molecule has 0 aliphatic heterocycles. The van der Waals surface area contributed by atoms with Crippen molar-refractivity contribution in [2.45, 2.75) is 41.0 Å². The predicted molar refractivity (Wildman–Crippen MR) is 80.4 cm³/mol. The summed E-state index contributed by atoms with van der Waals surface area (Å²) in [4.78, 5) is 0. The van der Waals surface area contributed by atoms with Crippen molar-refractivity contribution >= 4 is 0 Å². The number of hydrogen-bond acceptors (Lipinski definition) is 3. The van der Waals surface area contributed by atoms with Crippen LogP contribution in [0.5, 0.6) is 0 Å². The Bertz CT molecular complexity index is 331. The van der Waals surface area contributed by atoms with E-state index in [0.717, 1.165) is 18.8 Å². The van der Waals surface area contributed by atoms with Crippen molar-refractivity contribution in [3.8, 4) is 6.26 Å². The predicted octanol–water partition coefficient (Wildman–Crippen LogP) is 4.59. The molecule has 0 radical (unpaired) electrons. The molecule has 1 atom stereocenters. The van der Waals surface area contributed by atoms with Crippen molar-refractivity contribution in [3.63, 3.8) is 0 Å². The number of ether oxygens (including phenoxy) is 2. The number of methoxy groups -OCH3 is 1. The topological polar surface area (TPSA) is 42.2 Å². The molecular formula is C16H27NO2. The van der Waals surface area contributed by atoms with Crippen LogP contribution in [0.2, 0.25) is 0 Å². The summed E-state index contributed by atoms with van der Waals surface area (Å²) in [7, 11) is 1.32. The standard InChI is InChI=1S/C14H24O.C2H3NO/c1-6-8-14(10-9-12(3)4)15-11-13(5)7-2;1-4-2-3/h6,8-10,13H,7,11H2,1-5H3;1H3/b8-6-,14-10+;. The molecule has 0 aliphatic rings. The van der Waals surface area contributed by atoms with Crippen molar-refractivity contribution in [1.29, 1.82) is 5.26 Å². The molecule has 0 amide bonds. The molecule has 3 heteroatoms. The highest BCUT2D eigenvalue weighted by molar-refractivity contribution is 5.20. The van der Waals surface area contributed by atoms with Gasteiger partial charge in [0.25, 0.3) is 6.26 Å². The highest BCUT2D eigenvalue weighted by Gasteiger charge is 1.99. The largest absolute Gasteiger partial charge is 0.493 e. The van der Waals surface area contributed by atoms with E-state index in [0.29, 0.717) is 5.92 Å². The number of rotatable bonds is 6. The van der Waals surface area contributed by atoms with Crippen LogP contribution in [-0.4, -0.2) is 13.7 Å². The monoisotopic (exact) mass is 265 g/mol. The van der Waals surface area contributed by atoms with Gasteiger partial charge in [-0.05, 0) is 38.8 Å². The molecule has 1 unspecified atom stereocenters. The highest BCUT2D eigenvalue weighted by Crippen LogP contribution is 2.07. The van der Waals surface area contributed by atoms with E-state index >= 15 is 0 Å². The van der Waals surface area contributed by atoms with Gasteiger partial charge < -0.3 is 9.47 Å². The summed E-state index contributed by atoms with van der Waals surface area (Å²) in [5.74, 6) is 1.56. The minimum atomic E-state index is 0.616. The lowest BCUT2D eigenvalue weighted by Gasteiger charge is -2.11. The second-order valence-corrected chi connectivity index (χ2v) is 4.43. The van der Waals surface area contributed by atoms with Gasteiger partial charge >= 0.3 is 0 Å². The summed E-state index contributed by atoms with van der Waals surface area (Å²) in [5, 5.41) is 7.40. The maximum atomic E-state index is 7.40. The van der Waals surface area contributed by atoms with Crippen LogP contribution in [0.1, 0.15) is 41.0 Å². The fourth-order valence-electron chi connectivity index (χ4n) is 0.921. The Morgan fingerprint density at radius 2 is 1.89 bits per heavy atom. The molecule has 0 heterocycles. The third-order valence-corrected chi connectivity index (χ3v) is 2.23. The Hall–Kier alpha value is -1.69. The fourth-order valence-corrected chi connectivity index (χ4v) is 0.921. The van der Waals surface area contributed by atoms with E-state index < -0.39 is 0 Å². The Morgan fingerprint density at radius 1 is 1.32 bits per heavy atom. The van der Waals surface area contributed by atoms with Gasteiger partial charge in [-0.1, -0.05) is 38.0 Å². The van der Waals surface area contributed by atoms with Crippen molar-refractivity contribution < 1.29 is 9.47 Å². The molecule has 108 valence electrons. The van der Waals surface area contributed by atoms with Gasteiger partial charge in [0, 0.05) is 0 Å². The molecule has 0 N–H and O–H groups in total. The second kappa shape index (κ2) is 14.4. The first-order valence-corrected chi connectivity index (χ1v) is 6.54. The third-order valence-electron chi connectivity index (χ3n) is 2.23. The Labute approximate surface area is 118 Å². The summed E-state index contributed by atoms with van der Waals surface area (Å²) in [5.41, 5.74) is 1.28. The number of allylic oxidation sites excluding steroid dienone is 5. The number of nitrogens with zero attached hydrogens (tertiary/aromatic N) is 1. The quantitative estimate of drug-likeness (QED) is 0.401. The van der Waals surface area contributed by atoms with Crippen LogP contribution >= 0.6 is 0 Å². The van der Waals surface area contributed by atoms with Gasteiger partial charge in [0.05, 0.1) is 13.7 Å². The lowest BCUT2D eigenvalue weighted by Crippen LogP contribution is -2.03. The molecule has 0 rings (SSSR count). The molecule has 0 spiro atoms. The summed E-state index contributed by atoms with van der Waals surface area (Å²) in [6.07, 6.45) is 10.7. The zero-order valence-corrected chi connectivity index (χ0v) is 13.1. The van der Waals surface area contributed by atoms with Crippen molar-refractivity contribution in [2.75, 3.05) is 13.7 Å². The number of nitriles is 1. The SMILES string of the molecule is C/C=C\C(=C/C=C(C)C)OCC(C)CC.COC#N. The van der Waals surface area contributed by atoms with Gasteiger partial charge in [0.15, 0.2) is 0 Å². The Morgan fingerprint density at radius 3 is 2.26 bits per heavy atom. The van der Waals surface area contributed by atoms with Crippen molar-refractivity contribution in [2.24, 2.45) is 5.92 Å². The van der Waals surface area contributed by atoms with Crippen LogP contribution in [0.15, 0.2) is 35.6 Å². The first kappa shape index (κ1) is 19.6. The molecule has 19 heavy (non-hydrogen) atoms. The summed E-state index contributed by atoms with van der Waals surface area (Å²) in [6.45, 7) is 11.3. The van der Waals surface area contributed by atoms with E-state index in [1.807, 2.05) is 25.2 Å². The van der Waals surface area contributed by atoms with Gasteiger partial charge in [-0.25, -0.2) is 0 Å². The van der Waals surface area contributed by atoms with Crippen LogP contribution in [0.3, 0.4) is 0 Å². The van der Waals surface area contributed by atoms with Gasteiger partial charge in [0.2, 0.25) is 0 Å². The van der Waals surface area contributed by atoms with E-state index in [-0.39, 0.29) is 0 Å². The van der Waals surface area contributed by atoms with E-state index in [2.05, 4.69) is 38.5 Å². The molecule has 0 aromatic rings. The zero-order chi connectivity index (χ0) is 15.1. The molecule has 0 saturated heterocycles. The lowest BCUT2D eigenvalue weighted by atomic mass is 10.1. The summed E-state index contributed by atoms with van der Waals surface area (Å²) < 4.78 is 9.56. The van der Waals surface area contributed by atoms with Crippen LogP contribution in [-0.2, 0) is 9.47 Å². The Balaban J connectivity index is 0. The summed E-state index contributed by atoms with van der Waals surface area (Å²) >= 11 is 0. The molecule has 3 nitrogen and oxygen atoms in total. The van der Waals surface area contributed by atoms with E-state index in [1.54, 1.807) is 0 Å². The van der Waals surface area contributed by atoms with Gasteiger partial charge in [-0.2, -0.15) is 5.26 Å². The van der Waals surface area contributed by atoms with Gasteiger partial charge in [-0.3, -0.25) is 0 Å². The minimum absolute atomic E-state index is 0.616. The molecule has 0 aromatic carbocycles. The first-order valence-electron chi connectivity index (χ1n) is 6.54. The molecule has 0 aromatic heterocycles. The third kappa shape index (κ3) is 16.3. The lowest BCUT2D eigenvalue weighted by molar-refractivity contribution is 0.180. The van der Waals surface area contributed by atoms with E-state index in [4.69, 9.17) is 10.00 Å². The molecule has 0 bridgehead atoms. The fraction of sp³-hybridized carbons (Fsp3) is 0.562. The average molecular weight is 265 g/mol. The van der Waals surface area contributed by atoms with Crippen LogP contribution in [0.4, 0.5) is 0 Å². The molecular weight excluding hydrogens is 238 g/mol. The van der Waals surface area contributed by atoms with E-state index in [1.165, 1.54) is 18.9 Å². The van der Waals surface area contributed by atoms with Crippen molar-refractivity contribution in [1.82, 2.24) is 0 Å². The Kier molecular flexibility index (Phi) is 14.9. The molecule has 0 fully saturated rings. The van der Waals surface area contributed by atoms with Gasteiger partial charge in [0.1, 0.15) is 5.76 Å². The van der Waals surface area contributed by atoms with E-state index in [9.17, 15) is 0 Å². The van der Waals surface area contributed by atoms with Crippen LogP contribution in [0.25, 0.3) is 0 Å². The highest BCUT2D eigenvalue weighted by atomic mass is 16.5. The number of hydrogen-bond donors (Lipinski definition) is 0. The van der Waals surface area contributed by atoms with Crippen LogP contribution in [0, 0.1) is 17.4 Å². The average Bonchev–Trinajstić information content (AvgIpc) is 2.41. The smallest absolute Gasteiger partial charge is 0.286 e. The zero-order valence-electron chi connectivity index (χ0n) is 13.1. The maximum absolute atomic E-state index is 7.40. The normalized spacial score (nSPS) is 11.9. The molecule has 0 aliphatic carbocycles.